The zero-order chi connectivity index (χ0) is 18.8. The summed E-state index contributed by atoms with van der Waals surface area (Å²) in [6.07, 6.45) is 3.82. The Bertz CT molecular complexity index is 562. The molecule has 0 saturated carbocycles. The minimum atomic E-state index is 0. The van der Waals surface area contributed by atoms with Crippen molar-refractivity contribution < 1.29 is 13.9 Å². The first-order valence-electron chi connectivity index (χ1n) is 9.78. The van der Waals surface area contributed by atoms with Gasteiger partial charge in [0.05, 0.1) is 19.5 Å². The van der Waals surface area contributed by atoms with Crippen molar-refractivity contribution in [2.45, 2.75) is 25.0 Å². The first kappa shape index (κ1) is 23.8. The van der Waals surface area contributed by atoms with Crippen molar-refractivity contribution in [2.24, 2.45) is 4.99 Å². The zero-order valence-corrected chi connectivity index (χ0v) is 19.8. The molecular formula is C19H33IN4O3S. The maximum absolute atomic E-state index is 5.61. The number of nitrogens with one attached hydrogen (secondary N) is 2. The highest BCUT2D eigenvalue weighted by atomic mass is 127. The van der Waals surface area contributed by atoms with Crippen LogP contribution < -0.4 is 10.6 Å². The van der Waals surface area contributed by atoms with Crippen molar-refractivity contribution in [2.75, 3.05) is 64.6 Å². The summed E-state index contributed by atoms with van der Waals surface area (Å²) < 4.78 is 16.4. The highest BCUT2D eigenvalue weighted by Gasteiger charge is 2.40. The number of morpholine rings is 1. The standard InChI is InChI=1S/C19H32N4O3S.HI/c1-20-18(21-6-3-9-25-14-17-4-2-10-26-17)22-15-19(5-13-27-16-19)23-7-11-24-12-8-23;/h2,4,10H,3,5-9,11-16H2,1H3,(H2,20,21,22);1H. The Hall–Kier alpha value is -0.490. The summed E-state index contributed by atoms with van der Waals surface area (Å²) in [5.41, 5.74) is 0.220. The van der Waals surface area contributed by atoms with Gasteiger partial charge in [-0.1, -0.05) is 0 Å². The van der Waals surface area contributed by atoms with Gasteiger partial charge in [-0.15, -0.1) is 24.0 Å². The third-order valence-electron chi connectivity index (χ3n) is 5.16. The van der Waals surface area contributed by atoms with E-state index in [-0.39, 0.29) is 29.5 Å². The fraction of sp³-hybridized carbons (Fsp3) is 0.737. The Morgan fingerprint density at radius 3 is 2.89 bits per heavy atom. The Kier molecular flexibility index (Phi) is 11.0. The fourth-order valence-corrected chi connectivity index (χ4v) is 5.03. The number of hydrogen-bond donors (Lipinski definition) is 2. The van der Waals surface area contributed by atoms with Gasteiger partial charge in [0.2, 0.25) is 0 Å². The van der Waals surface area contributed by atoms with Gasteiger partial charge in [-0.25, -0.2) is 0 Å². The van der Waals surface area contributed by atoms with Crippen molar-refractivity contribution in [1.29, 1.82) is 0 Å². The topological polar surface area (TPSA) is 71.3 Å². The molecule has 7 nitrogen and oxygen atoms in total. The Morgan fingerprint density at radius 2 is 2.21 bits per heavy atom. The SMILES string of the molecule is CN=C(NCCCOCc1ccco1)NCC1(N2CCOCC2)CCSC1.I. The number of hydrogen-bond acceptors (Lipinski definition) is 6. The first-order valence-corrected chi connectivity index (χ1v) is 10.9. The van der Waals surface area contributed by atoms with Gasteiger partial charge in [0, 0.05) is 51.1 Å². The Labute approximate surface area is 189 Å². The maximum Gasteiger partial charge on any atom is 0.191 e. The lowest BCUT2D eigenvalue weighted by Gasteiger charge is -2.43. The molecule has 2 aliphatic heterocycles. The van der Waals surface area contributed by atoms with Crippen molar-refractivity contribution >= 4 is 41.7 Å². The third-order valence-corrected chi connectivity index (χ3v) is 6.39. The van der Waals surface area contributed by atoms with E-state index in [1.165, 1.54) is 17.9 Å². The minimum Gasteiger partial charge on any atom is -0.467 e. The lowest BCUT2D eigenvalue weighted by atomic mass is 9.95. The van der Waals surface area contributed by atoms with Crippen molar-refractivity contribution in [3.8, 4) is 0 Å². The van der Waals surface area contributed by atoms with Crippen LogP contribution in [0, 0.1) is 0 Å². The zero-order valence-electron chi connectivity index (χ0n) is 16.7. The predicted molar refractivity (Wildman–Crippen MR) is 125 cm³/mol. The van der Waals surface area contributed by atoms with Crippen LogP contribution in [0.25, 0.3) is 0 Å². The number of furan rings is 1. The van der Waals surface area contributed by atoms with E-state index in [4.69, 9.17) is 13.9 Å². The van der Waals surface area contributed by atoms with Crippen LogP contribution in [0.1, 0.15) is 18.6 Å². The van der Waals surface area contributed by atoms with Gasteiger partial charge >= 0.3 is 0 Å². The second-order valence-corrected chi connectivity index (χ2v) is 8.07. The van der Waals surface area contributed by atoms with E-state index in [1.54, 1.807) is 6.26 Å². The molecule has 3 heterocycles. The molecule has 160 valence electrons. The smallest absolute Gasteiger partial charge is 0.191 e. The van der Waals surface area contributed by atoms with E-state index in [0.717, 1.165) is 57.5 Å². The molecule has 28 heavy (non-hydrogen) atoms. The number of ether oxygens (including phenoxy) is 2. The second kappa shape index (κ2) is 12.9. The fourth-order valence-electron chi connectivity index (χ4n) is 3.55. The molecule has 1 atom stereocenters. The van der Waals surface area contributed by atoms with Crippen LogP contribution in [0.4, 0.5) is 0 Å². The van der Waals surface area contributed by atoms with Gasteiger partial charge in [0.15, 0.2) is 5.96 Å². The molecule has 0 aromatic carbocycles. The summed E-state index contributed by atoms with van der Waals surface area (Å²) in [5, 5.41) is 6.94. The molecular weight excluding hydrogens is 491 g/mol. The first-order chi connectivity index (χ1) is 13.3. The number of rotatable bonds is 9. The van der Waals surface area contributed by atoms with Gasteiger partial charge in [-0.2, -0.15) is 11.8 Å². The summed E-state index contributed by atoms with van der Waals surface area (Å²) in [6.45, 7) is 6.72. The van der Waals surface area contributed by atoms with Gasteiger partial charge in [0.25, 0.3) is 0 Å². The molecule has 0 spiro atoms. The number of nitrogens with zero attached hydrogens (tertiary/aromatic N) is 2. The van der Waals surface area contributed by atoms with Crippen LogP contribution in [-0.4, -0.2) is 81.0 Å². The van der Waals surface area contributed by atoms with E-state index in [1.807, 2.05) is 19.2 Å². The lowest BCUT2D eigenvalue weighted by molar-refractivity contribution is -0.0120. The van der Waals surface area contributed by atoms with E-state index < -0.39 is 0 Å². The monoisotopic (exact) mass is 524 g/mol. The minimum absolute atomic E-state index is 0. The summed E-state index contributed by atoms with van der Waals surface area (Å²) in [5.74, 6) is 4.14. The summed E-state index contributed by atoms with van der Waals surface area (Å²) in [6, 6.07) is 3.80. The van der Waals surface area contributed by atoms with Crippen LogP contribution in [0.5, 0.6) is 0 Å². The Balaban J connectivity index is 0.00000280. The quantitative estimate of drug-likeness (QED) is 0.222. The van der Waals surface area contributed by atoms with Crippen LogP contribution in [0.15, 0.2) is 27.8 Å². The van der Waals surface area contributed by atoms with E-state index in [9.17, 15) is 0 Å². The van der Waals surface area contributed by atoms with E-state index >= 15 is 0 Å². The Morgan fingerprint density at radius 1 is 1.36 bits per heavy atom. The number of thioether (sulfide) groups is 1. The average molecular weight is 524 g/mol. The maximum atomic E-state index is 5.61. The average Bonchev–Trinajstić information content (AvgIpc) is 3.40. The van der Waals surface area contributed by atoms with Crippen LogP contribution in [0.3, 0.4) is 0 Å². The molecule has 0 radical (unpaired) electrons. The molecule has 9 heteroatoms. The third kappa shape index (κ3) is 7.08. The summed E-state index contributed by atoms with van der Waals surface area (Å²) >= 11 is 2.05. The summed E-state index contributed by atoms with van der Waals surface area (Å²) in [4.78, 5) is 6.98. The van der Waals surface area contributed by atoms with E-state index in [0.29, 0.717) is 13.2 Å². The molecule has 1 aromatic heterocycles. The normalized spacial score (nSPS) is 23.4. The van der Waals surface area contributed by atoms with Crippen molar-refractivity contribution in [1.82, 2.24) is 15.5 Å². The lowest BCUT2D eigenvalue weighted by Crippen LogP contribution is -2.60. The molecule has 0 aliphatic carbocycles. The molecule has 2 aliphatic rings. The van der Waals surface area contributed by atoms with Crippen LogP contribution >= 0.6 is 35.7 Å². The molecule has 0 amide bonds. The second-order valence-electron chi connectivity index (χ2n) is 6.96. The summed E-state index contributed by atoms with van der Waals surface area (Å²) in [7, 11) is 1.83. The van der Waals surface area contributed by atoms with E-state index in [2.05, 4.69) is 32.3 Å². The highest BCUT2D eigenvalue weighted by molar-refractivity contribution is 14.0. The molecule has 2 fully saturated rings. The van der Waals surface area contributed by atoms with Gasteiger partial charge < -0.3 is 24.5 Å². The molecule has 0 bridgehead atoms. The van der Waals surface area contributed by atoms with Crippen LogP contribution in [0.2, 0.25) is 0 Å². The molecule has 2 saturated heterocycles. The number of guanidine groups is 1. The largest absolute Gasteiger partial charge is 0.467 e. The predicted octanol–water partition coefficient (Wildman–Crippen LogP) is 2.18. The van der Waals surface area contributed by atoms with Gasteiger partial charge in [0.1, 0.15) is 12.4 Å². The molecule has 2 N–H and O–H groups in total. The molecule has 1 aromatic rings. The number of halogens is 1. The van der Waals surface area contributed by atoms with Gasteiger partial charge in [-0.05, 0) is 30.7 Å². The number of aliphatic imine (C=N–C) groups is 1. The molecule has 1 unspecified atom stereocenters. The highest BCUT2D eigenvalue weighted by Crippen LogP contribution is 2.33. The van der Waals surface area contributed by atoms with Crippen molar-refractivity contribution in [3.05, 3.63) is 24.2 Å². The van der Waals surface area contributed by atoms with Gasteiger partial charge in [-0.3, -0.25) is 9.89 Å². The molecule has 3 rings (SSSR count). The van der Waals surface area contributed by atoms with Crippen LogP contribution in [-0.2, 0) is 16.1 Å². The van der Waals surface area contributed by atoms with Crippen molar-refractivity contribution in [3.63, 3.8) is 0 Å².